The van der Waals surface area contributed by atoms with E-state index in [0.717, 1.165) is 19.0 Å². The third-order valence-electron chi connectivity index (χ3n) is 1.57. The third-order valence-corrected chi connectivity index (χ3v) is 1.57. The van der Waals surface area contributed by atoms with Crippen LogP contribution in [0.5, 0.6) is 0 Å². The normalized spacial score (nSPS) is 13.0. The molecule has 0 aliphatic rings. The van der Waals surface area contributed by atoms with Crippen LogP contribution < -0.4 is 5.32 Å². The molecule has 2 nitrogen and oxygen atoms in total. The minimum Gasteiger partial charge on any atom is -0.315 e. The van der Waals surface area contributed by atoms with Gasteiger partial charge in [-0.2, -0.15) is 5.26 Å². The minimum absolute atomic E-state index is 0.141. The Kier molecular flexibility index (Phi) is 5.87. The lowest BCUT2D eigenvalue weighted by atomic mass is 10.1. The molecule has 0 rings (SSSR count). The summed E-state index contributed by atoms with van der Waals surface area (Å²) in [6.07, 6.45) is 1.19. The summed E-state index contributed by atoms with van der Waals surface area (Å²) in [4.78, 5) is 0. The molecule has 0 bridgehead atoms. The fourth-order valence-corrected chi connectivity index (χ4v) is 0.755. The van der Waals surface area contributed by atoms with Crippen molar-refractivity contribution in [2.75, 3.05) is 13.1 Å². The van der Waals surface area contributed by atoms with Crippen molar-refractivity contribution in [2.24, 2.45) is 11.8 Å². The van der Waals surface area contributed by atoms with Gasteiger partial charge in [0.1, 0.15) is 0 Å². The zero-order chi connectivity index (χ0) is 8.69. The monoisotopic (exact) mass is 154 g/mol. The Balaban J connectivity index is 3.10. The molecular weight excluding hydrogens is 136 g/mol. The lowest BCUT2D eigenvalue weighted by Crippen LogP contribution is -2.22. The van der Waals surface area contributed by atoms with E-state index >= 15 is 0 Å². The third kappa shape index (κ3) is 7.35. The highest BCUT2D eigenvalue weighted by Crippen LogP contribution is 1.96. The van der Waals surface area contributed by atoms with Gasteiger partial charge in [-0.05, 0) is 25.8 Å². The summed E-state index contributed by atoms with van der Waals surface area (Å²) in [6, 6.07) is 2.19. The second-order valence-corrected chi connectivity index (χ2v) is 3.42. The topological polar surface area (TPSA) is 35.8 Å². The molecular formula is C9H18N2. The number of nitrogens with one attached hydrogen (secondary N) is 1. The molecule has 11 heavy (non-hydrogen) atoms. The Morgan fingerprint density at radius 2 is 2.00 bits per heavy atom. The van der Waals surface area contributed by atoms with Crippen molar-refractivity contribution in [3.05, 3.63) is 0 Å². The lowest BCUT2D eigenvalue weighted by molar-refractivity contribution is 0.517. The Morgan fingerprint density at radius 1 is 1.36 bits per heavy atom. The van der Waals surface area contributed by atoms with Crippen LogP contribution in [0.1, 0.15) is 27.2 Å². The van der Waals surface area contributed by atoms with Gasteiger partial charge < -0.3 is 5.32 Å². The minimum atomic E-state index is 0.141. The Bertz CT molecular complexity index is 124. The second kappa shape index (κ2) is 6.18. The molecule has 1 unspecified atom stereocenters. The molecule has 0 saturated heterocycles. The Morgan fingerprint density at radius 3 is 2.45 bits per heavy atom. The summed E-state index contributed by atoms with van der Waals surface area (Å²) < 4.78 is 0. The average Bonchev–Trinajstić information content (AvgIpc) is 1.97. The maximum absolute atomic E-state index is 8.45. The van der Waals surface area contributed by atoms with E-state index in [-0.39, 0.29) is 5.92 Å². The molecule has 64 valence electrons. The van der Waals surface area contributed by atoms with Crippen molar-refractivity contribution >= 4 is 0 Å². The summed E-state index contributed by atoms with van der Waals surface area (Å²) in [5.74, 6) is 0.891. The number of hydrogen-bond donors (Lipinski definition) is 1. The first kappa shape index (κ1) is 10.4. The predicted molar refractivity (Wildman–Crippen MR) is 47.1 cm³/mol. The van der Waals surface area contributed by atoms with E-state index in [4.69, 9.17) is 5.26 Å². The SMILES string of the molecule is CC(C)CCNCC(C)C#N. The lowest BCUT2D eigenvalue weighted by Gasteiger charge is -2.06. The van der Waals surface area contributed by atoms with Gasteiger partial charge in [-0.25, -0.2) is 0 Å². The highest BCUT2D eigenvalue weighted by atomic mass is 14.8. The van der Waals surface area contributed by atoms with Crippen molar-refractivity contribution in [1.29, 1.82) is 5.26 Å². The van der Waals surface area contributed by atoms with E-state index in [9.17, 15) is 0 Å². The van der Waals surface area contributed by atoms with Crippen molar-refractivity contribution < 1.29 is 0 Å². The van der Waals surface area contributed by atoms with E-state index < -0.39 is 0 Å². The summed E-state index contributed by atoms with van der Waals surface area (Å²) in [5.41, 5.74) is 0. The first-order chi connectivity index (χ1) is 5.16. The van der Waals surface area contributed by atoms with Crippen LogP contribution >= 0.6 is 0 Å². The van der Waals surface area contributed by atoms with Crippen molar-refractivity contribution in [3.63, 3.8) is 0 Å². The molecule has 0 aliphatic heterocycles. The van der Waals surface area contributed by atoms with Crippen LogP contribution in [0.2, 0.25) is 0 Å². The van der Waals surface area contributed by atoms with Crippen LogP contribution in [0.4, 0.5) is 0 Å². The number of nitrogens with zero attached hydrogens (tertiary/aromatic N) is 1. The van der Waals surface area contributed by atoms with E-state index in [2.05, 4.69) is 25.2 Å². The van der Waals surface area contributed by atoms with Gasteiger partial charge >= 0.3 is 0 Å². The van der Waals surface area contributed by atoms with Gasteiger partial charge in [-0.3, -0.25) is 0 Å². The summed E-state index contributed by atoms with van der Waals surface area (Å²) in [6.45, 7) is 8.19. The van der Waals surface area contributed by atoms with Gasteiger partial charge in [0.2, 0.25) is 0 Å². The fraction of sp³-hybridized carbons (Fsp3) is 0.889. The highest BCUT2D eigenvalue weighted by molar-refractivity contribution is 4.79. The van der Waals surface area contributed by atoms with Gasteiger partial charge in [0.05, 0.1) is 12.0 Å². The van der Waals surface area contributed by atoms with Crippen molar-refractivity contribution in [2.45, 2.75) is 27.2 Å². The molecule has 0 aliphatic carbocycles. The van der Waals surface area contributed by atoms with Gasteiger partial charge in [0, 0.05) is 6.54 Å². The maximum Gasteiger partial charge on any atom is 0.0666 e. The largest absolute Gasteiger partial charge is 0.315 e. The van der Waals surface area contributed by atoms with E-state index in [0.29, 0.717) is 0 Å². The van der Waals surface area contributed by atoms with Crippen LogP contribution in [-0.2, 0) is 0 Å². The molecule has 0 heterocycles. The van der Waals surface area contributed by atoms with Gasteiger partial charge in [0.15, 0.2) is 0 Å². The van der Waals surface area contributed by atoms with Gasteiger partial charge in [-0.15, -0.1) is 0 Å². The molecule has 1 atom stereocenters. The van der Waals surface area contributed by atoms with Crippen LogP contribution in [0, 0.1) is 23.2 Å². The number of rotatable bonds is 5. The molecule has 0 fully saturated rings. The molecule has 0 amide bonds. The van der Waals surface area contributed by atoms with Crippen LogP contribution in [0.15, 0.2) is 0 Å². The maximum atomic E-state index is 8.45. The Hall–Kier alpha value is -0.550. The van der Waals surface area contributed by atoms with Crippen LogP contribution in [0.3, 0.4) is 0 Å². The zero-order valence-corrected chi connectivity index (χ0v) is 7.72. The fourth-order valence-electron chi connectivity index (χ4n) is 0.755. The molecule has 0 aromatic carbocycles. The molecule has 0 aromatic rings. The molecule has 2 heteroatoms. The van der Waals surface area contributed by atoms with Crippen molar-refractivity contribution in [3.8, 4) is 6.07 Å². The smallest absolute Gasteiger partial charge is 0.0666 e. The Labute approximate surface area is 69.6 Å². The highest BCUT2D eigenvalue weighted by Gasteiger charge is 1.97. The summed E-state index contributed by atoms with van der Waals surface area (Å²) in [7, 11) is 0. The number of hydrogen-bond acceptors (Lipinski definition) is 2. The van der Waals surface area contributed by atoms with E-state index in [1.165, 1.54) is 6.42 Å². The zero-order valence-electron chi connectivity index (χ0n) is 7.72. The summed E-state index contributed by atoms with van der Waals surface area (Å²) in [5, 5.41) is 11.7. The predicted octanol–water partition coefficient (Wildman–Crippen LogP) is 1.78. The van der Waals surface area contributed by atoms with Crippen molar-refractivity contribution in [1.82, 2.24) is 5.32 Å². The summed E-state index contributed by atoms with van der Waals surface area (Å²) >= 11 is 0. The standard InChI is InChI=1S/C9H18N2/c1-8(2)4-5-11-7-9(3)6-10/h8-9,11H,4-5,7H2,1-3H3. The van der Waals surface area contributed by atoms with E-state index in [1.807, 2.05) is 6.92 Å². The average molecular weight is 154 g/mol. The molecule has 0 saturated carbocycles. The second-order valence-electron chi connectivity index (χ2n) is 3.42. The van der Waals surface area contributed by atoms with Crippen LogP contribution in [-0.4, -0.2) is 13.1 Å². The molecule has 0 aromatic heterocycles. The molecule has 0 spiro atoms. The number of nitriles is 1. The quantitative estimate of drug-likeness (QED) is 0.613. The van der Waals surface area contributed by atoms with Crippen LogP contribution in [0.25, 0.3) is 0 Å². The van der Waals surface area contributed by atoms with Gasteiger partial charge in [-0.1, -0.05) is 13.8 Å². The van der Waals surface area contributed by atoms with Gasteiger partial charge in [0.25, 0.3) is 0 Å². The van der Waals surface area contributed by atoms with E-state index in [1.54, 1.807) is 0 Å². The molecule has 0 radical (unpaired) electrons. The first-order valence-electron chi connectivity index (χ1n) is 4.27. The first-order valence-corrected chi connectivity index (χ1v) is 4.27. The molecule has 1 N–H and O–H groups in total.